The van der Waals surface area contributed by atoms with Gasteiger partial charge >= 0.3 is 0 Å². The Kier molecular flexibility index (Phi) is 5.30. The molecule has 0 spiro atoms. The predicted molar refractivity (Wildman–Crippen MR) is 71.2 cm³/mol. The fourth-order valence-electron chi connectivity index (χ4n) is 2.21. The van der Waals surface area contributed by atoms with Crippen molar-refractivity contribution in [1.82, 2.24) is 4.31 Å². The van der Waals surface area contributed by atoms with E-state index < -0.39 is 15.3 Å². The number of nitrogens with zero attached hydrogens (tertiary/aromatic N) is 1. The van der Waals surface area contributed by atoms with Gasteiger partial charge in [-0.2, -0.15) is 4.31 Å². The van der Waals surface area contributed by atoms with Gasteiger partial charge < -0.3 is 10.8 Å². The van der Waals surface area contributed by atoms with E-state index in [4.69, 9.17) is 18.0 Å². The average Bonchev–Trinajstić information content (AvgIpc) is 2.29. The zero-order chi connectivity index (χ0) is 13.1. The second-order valence-corrected chi connectivity index (χ2v) is 6.83. The minimum atomic E-state index is -3.53. The van der Waals surface area contributed by atoms with E-state index in [9.17, 15) is 13.5 Å². The molecule has 0 bridgehead atoms. The first-order chi connectivity index (χ1) is 7.95. The molecular weight excluding hydrogens is 260 g/mol. The van der Waals surface area contributed by atoms with Crippen molar-refractivity contribution in [1.29, 1.82) is 0 Å². The van der Waals surface area contributed by atoms with Crippen LogP contribution in [0, 0.1) is 0 Å². The molecule has 0 saturated carbocycles. The van der Waals surface area contributed by atoms with Gasteiger partial charge in [-0.1, -0.05) is 25.6 Å². The Hall–Kier alpha value is -0.240. The van der Waals surface area contributed by atoms with Crippen LogP contribution in [0.15, 0.2) is 0 Å². The molecule has 17 heavy (non-hydrogen) atoms. The topological polar surface area (TPSA) is 83.6 Å². The van der Waals surface area contributed by atoms with Crippen molar-refractivity contribution in [3.63, 3.8) is 0 Å². The molecule has 0 amide bonds. The van der Waals surface area contributed by atoms with Crippen LogP contribution in [0.3, 0.4) is 0 Å². The molecule has 0 aromatic carbocycles. The van der Waals surface area contributed by atoms with Gasteiger partial charge in [-0.15, -0.1) is 0 Å². The molecule has 1 aliphatic heterocycles. The molecule has 1 saturated heterocycles. The molecule has 0 aromatic rings. The molecule has 1 heterocycles. The summed E-state index contributed by atoms with van der Waals surface area (Å²) < 4.78 is 26.1. The lowest BCUT2D eigenvalue weighted by molar-refractivity contribution is 0.154. The standard InChI is InChI=1S/C10H20N2O3S2/c1-2-9(10(11)16)17(14,15)12-6-4-3-5-8(12)7-13/h8-9,13H,2-7H2,1H3,(H2,11,16). The van der Waals surface area contributed by atoms with Gasteiger partial charge in [0.1, 0.15) is 5.25 Å². The van der Waals surface area contributed by atoms with E-state index in [2.05, 4.69) is 0 Å². The molecule has 7 heteroatoms. The molecule has 0 aromatic heterocycles. The molecule has 5 nitrogen and oxygen atoms in total. The summed E-state index contributed by atoms with van der Waals surface area (Å²) in [6.45, 7) is 2.05. The van der Waals surface area contributed by atoms with E-state index in [1.54, 1.807) is 6.92 Å². The monoisotopic (exact) mass is 280 g/mol. The molecule has 2 unspecified atom stereocenters. The van der Waals surface area contributed by atoms with Crippen LogP contribution in [0.25, 0.3) is 0 Å². The highest BCUT2D eigenvalue weighted by atomic mass is 32.2. The third-order valence-corrected chi connectivity index (χ3v) is 6.03. The van der Waals surface area contributed by atoms with Crippen molar-refractivity contribution in [2.75, 3.05) is 13.2 Å². The Balaban J connectivity index is 2.98. The summed E-state index contributed by atoms with van der Waals surface area (Å²) in [6, 6.07) is -0.322. The van der Waals surface area contributed by atoms with Crippen molar-refractivity contribution >= 4 is 27.2 Å². The number of aliphatic hydroxyl groups is 1. The maximum Gasteiger partial charge on any atom is 0.223 e. The zero-order valence-corrected chi connectivity index (χ0v) is 11.6. The molecule has 100 valence electrons. The lowest BCUT2D eigenvalue weighted by Crippen LogP contribution is -2.51. The van der Waals surface area contributed by atoms with E-state index in [1.807, 2.05) is 0 Å². The third kappa shape index (κ3) is 3.15. The normalized spacial score (nSPS) is 24.5. The summed E-state index contributed by atoms with van der Waals surface area (Å²) in [7, 11) is -3.53. The first-order valence-electron chi connectivity index (χ1n) is 5.86. The Morgan fingerprint density at radius 1 is 1.59 bits per heavy atom. The second kappa shape index (κ2) is 6.08. The number of thiocarbonyl (C=S) groups is 1. The predicted octanol–water partition coefficient (Wildman–Crippen LogP) is 0.228. The van der Waals surface area contributed by atoms with Crippen molar-refractivity contribution in [2.24, 2.45) is 5.73 Å². The lowest BCUT2D eigenvalue weighted by Gasteiger charge is -2.35. The van der Waals surface area contributed by atoms with Crippen LogP contribution in [0.1, 0.15) is 32.6 Å². The van der Waals surface area contributed by atoms with Gasteiger partial charge in [-0.3, -0.25) is 0 Å². The van der Waals surface area contributed by atoms with Crippen LogP contribution in [0.5, 0.6) is 0 Å². The fraction of sp³-hybridized carbons (Fsp3) is 0.900. The van der Waals surface area contributed by atoms with E-state index in [0.29, 0.717) is 19.4 Å². The highest BCUT2D eigenvalue weighted by Gasteiger charge is 2.37. The molecule has 1 rings (SSSR count). The third-order valence-electron chi connectivity index (χ3n) is 3.16. The summed E-state index contributed by atoms with van der Waals surface area (Å²) in [6.07, 6.45) is 2.83. The van der Waals surface area contributed by atoms with Crippen molar-refractivity contribution in [3.8, 4) is 0 Å². The minimum Gasteiger partial charge on any atom is -0.395 e. The number of aliphatic hydroxyl groups excluding tert-OH is 1. The quantitative estimate of drug-likeness (QED) is 0.704. The van der Waals surface area contributed by atoms with Gasteiger partial charge in [0.2, 0.25) is 10.0 Å². The molecule has 0 aliphatic carbocycles. The van der Waals surface area contributed by atoms with Crippen molar-refractivity contribution < 1.29 is 13.5 Å². The number of rotatable bonds is 5. The Morgan fingerprint density at radius 3 is 2.71 bits per heavy atom. The summed E-state index contributed by atoms with van der Waals surface area (Å²) in [4.78, 5) is 0.00904. The summed E-state index contributed by atoms with van der Waals surface area (Å²) in [5.74, 6) is 0. The van der Waals surface area contributed by atoms with Crippen LogP contribution in [-0.2, 0) is 10.0 Å². The Morgan fingerprint density at radius 2 is 2.24 bits per heavy atom. The largest absolute Gasteiger partial charge is 0.395 e. The van der Waals surface area contributed by atoms with Gasteiger partial charge in [0.15, 0.2) is 0 Å². The van der Waals surface area contributed by atoms with Gasteiger partial charge in [-0.25, -0.2) is 8.42 Å². The molecule has 3 N–H and O–H groups in total. The smallest absolute Gasteiger partial charge is 0.223 e. The highest BCUT2D eigenvalue weighted by molar-refractivity contribution is 7.92. The van der Waals surface area contributed by atoms with Gasteiger partial charge in [0.25, 0.3) is 0 Å². The Bertz CT molecular complexity index is 370. The first kappa shape index (κ1) is 14.8. The average molecular weight is 280 g/mol. The van der Waals surface area contributed by atoms with E-state index in [-0.39, 0.29) is 17.6 Å². The molecule has 1 fully saturated rings. The number of nitrogens with two attached hydrogens (primary N) is 1. The van der Waals surface area contributed by atoms with E-state index in [1.165, 1.54) is 4.31 Å². The van der Waals surface area contributed by atoms with Crippen LogP contribution in [-0.4, -0.2) is 47.3 Å². The van der Waals surface area contributed by atoms with E-state index in [0.717, 1.165) is 12.8 Å². The summed E-state index contributed by atoms with van der Waals surface area (Å²) in [5.41, 5.74) is 5.49. The van der Waals surface area contributed by atoms with Crippen molar-refractivity contribution in [2.45, 2.75) is 43.9 Å². The first-order valence-corrected chi connectivity index (χ1v) is 7.77. The van der Waals surface area contributed by atoms with Crippen LogP contribution >= 0.6 is 12.2 Å². The minimum absolute atomic E-state index is 0.00904. The van der Waals surface area contributed by atoms with Crippen LogP contribution in [0.4, 0.5) is 0 Å². The van der Waals surface area contributed by atoms with Gasteiger partial charge in [-0.05, 0) is 19.3 Å². The lowest BCUT2D eigenvalue weighted by atomic mass is 10.1. The highest BCUT2D eigenvalue weighted by Crippen LogP contribution is 2.24. The number of hydrogen-bond donors (Lipinski definition) is 2. The molecular formula is C10H20N2O3S2. The van der Waals surface area contributed by atoms with Crippen LogP contribution in [0.2, 0.25) is 0 Å². The van der Waals surface area contributed by atoms with Crippen molar-refractivity contribution in [3.05, 3.63) is 0 Å². The molecule has 1 aliphatic rings. The van der Waals surface area contributed by atoms with Crippen LogP contribution < -0.4 is 5.73 Å². The maximum atomic E-state index is 12.4. The summed E-state index contributed by atoms with van der Waals surface area (Å²) >= 11 is 4.82. The number of piperidine rings is 1. The summed E-state index contributed by atoms with van der Waals surface area (Å²) in [5, 5.41) is 8.43. The number of hydrogen-bond acceptors (Lipinski definition) is 4. The Labute approximate surface area is 108 Å². The van der Waals surface area contributed by atoms with Gasteiger partial charge in [0.05, 0.1) is 11.6 Å². The molecule has 0 radical (unpaired) electrons. The van der Waals surface area contributed by atoms with E-state index >= 15 is 0 Å². The molecule has 2 atom stereocenters. The maximum absolute atomic E-state index is 12.4. The SMILES string of the molecule is CCC(C(N)=S)S(=O)(=O)N1CCCCC1CO. The zero-order valence-electron chi connectivity index (χ0n) is 10.0. The fourth-order valence-corrected chi connectivity index (χ4v) is 4.76. The number of sulfonamides is 1. The van der Waals surface area contributed by atoms with Gasteiger partial charge in [0, 0.05) is 12.6 Å². The second-order valence-electron chi connectivity index (χ2n) is 4.29.